The van der Waals surface area contributed by atoms with E-state index in [4.69, 9.17) is 14.2 Å². The Hall–Kier alpha value is -2.89. The van der Waals surface area contributed by atoms with Gasteiger partial charge in [0.2, 0.25) is 0 Å². The Bertz CT molecular complexity index is 1250. The number of esters is 3. The molecule has 0 fully saturated rings. The second kappa shape index (κ2) is 57.7. The van der Waals surface area contributed by atoms with Crippen LogP contribution in [0.5, 0.6) is 0 Å². The van der Waals surface area contributed by atoms with Gasteiger partial charge in [-0.2, -0.15) is 0 Å². The van der Waals surface area contributed by atoms with E-state index in [1.165, 1.54) is 180 Å². The first-order valence-corrected chi connectivity index (χ1v) is 29.8. The molecule has 0 aliphatic rings. The number of allylic oxidation sites excluding steroid dienone is 10. The topological polar surface area (TPSA) is 78.9 Å². The molecule has 6 heteroatoms. The van der Waals surface area contributed by atoms with E-state index in [0.29, 0.717) is 19.3 Å². The maximum absolute atomic E-state index is 12.9. The molecule has 0 saturated heterocycles. The fraction of sp³-hybridized carbons (Fsp3) is 0.794. The SMILES string of the molecule is CC/C=C\C/C=C\C/C=C\C/C=C\CCCCC(=O)OC[C@H](COC(=O)CCCCCCCCC/C=C\CCCCCCCCCC)OC(=O)CCCCCCCCCCCCCCCCCCC. The standard InChI is InChI=1S/C63H112O6/c1-4-7-10-13-16-19-22-25-28-30-31-33-35-38-41-44-47-50-53-56-62(65)68-59-60(58-67-61(64)55-52-49-46-43-40-37-34-27-24-21-18-15-12-9-6-3)69-63(66)57-54-51-48-45-42-39-36-32-29-26-23-20-17-14-11-8-5-2/h9,12,18,21,27,30-31,34,40,43,60H,4-8,10-11,13-17,19-20,22-26,28-29,32-33,35-39,41-42,44-59H2,1-3H3/b12-9-,21-18-,31-30-,34-27-,43-40-/t60-/m1/s1. The Morgan fingerprint density at radius 1 is 0.304 bits per heavy atom. The van der Waals surface area contributed by atoms with Crippen molar-refractivity contribution in [3.63, 3.8) is 0 Å². The lowest BCUT2D eigenvalue weighted by atomic mass is 10.0. The Labute approximate surface area is 428 Å². The highest BCUT2D eigenvalue weighted by Gasteiger charge is 2.19. The maximum atomic E-state index is 12.9. The lowest BCUT2D eigenvalue weighted by Crippen LogP contribution is -2.30. The number of hydrogen-bond acceptors (Lipinski definition) is 6. The van der Waals surface area contributed by atoms with E-state index in [0.717, 1.165) is 83.5 Å². The summed E-state index contributed by atoms with van der Waals surface area (Å²) in [5.41, 5.74) is 0. The lowest BCUT2D eigenvalue weighted by molar-refractivity contribution is -0.167. The summed E-state index contributed by atoms with van der Waals surface area (Å²) < 4.78 is 16.9. The molecule has 0 aliphatic heterocycles. The van der Waals surface area contributed by atoms with Crippen molar-refractivity contribution < 1.29 is 28.6 Å². The smallest absolute Gasteiger partial charge is 0.306 e. The molecule has 0 heterocycles. The minimum Gasteiger partial charge on any atom is -0.462 e. The molecule has 0 spiro atoms. The highest BCUT2D eigenvalue weighted by atomic mass is 16.6. The minimum atomic E-state index is -0.791. The zero-order valence-electron chi connectivity index (χ0n) is 45.8. The molecule has 0 aliphatic carbocycles. The number of carbonyl (C=O) groups excluding carboxylic acids is 3. The van der Waals surface area contributed by atoms with Crippen molar-refractivity contribution in [1.82, 2.24) is 0 Å². The van der Waals surface area contributed by atoms with Crippen LogP contribution >= 0.6 is 0 Å². The Balaban J connectivity index is 4.39. The number of ether oxygens (including phenoxy) is 3. The van der Waals surface area contributed by atoms with Gasteiger partial charge in [-0.3, -0.25) is 14.4 Å². The zero-order chi connectivity index (χ0) is 50.0. The molecule has 1 atom stereocenters. The van der Waals surface area contributed by atoms with E-state index < -0.39 is 6.10 Å². The van der Waals surface area contributed by atoms with Crippen LogP contribution in [-0.4, -0.2) is 37.2 Å². The van der Waals surface area contributed by atoms with Crippen LogP contribution < -0.4 is 0 Å². The molecule has 0 aromatic carbocycles. The molecule has 0 aromatic rings. The van der Waals surface area contributed by atoms with Gasteiger partial charge in [-0.25, -0.2) is 0 Å². The van der Waals surface area contributed by atoms with E-state index in [9.17, 15) is 14.4 Å². The maximum Gasteiger partial charge on any atom is 0.306 e. The van der Waals surface area contributed by atoms with Crippen LogP contribution in [0.3, 0.4) is 0 Å². The van der Waals surface area contributed by atoms with Crippen molar-refractivity contribution in [3.8, 4) is 0 Å². The van der Waals surface area contributed by atoms with Crippen molar-refractivity contribution in [1.29, 1.82) is 0 Å². The first-order chi connectivity index (χ1) is 34.0. The fourth-order valence-electron chi connectivity index (χ4n) is 8.55. The van der Waals surface area contributed by atoms with Gasteiger partial charge in [-0.1, -0.05) is 261 Å². The Morgan fingerprint density at radius 3 is 0.928 bits per heavy atom. The first-order valence-electron chi connectivity index (χ1n) is 29.8. The number of carbonyl (C=O) groups is 3. The molecule has 0 aromatic heterocycles. The number of unbranched alkanes of at least 4 members (excludes halogenated alkanes) is 33. The molecular formula is C63H112O6. The van der Waals surface area contributed by atoms with Crippen LogP contribution in [0.2, 0.25) is 0 Å². The molecular weight excluding hydrogens is 853 g/mol. The Kier molecular flexibility index (Phi) is 55.3. The normalized spacial score (nSPS) is 12.4. The summed E-state index contributed by atoms with van der Waals surface area (Å²) in [5, 5.41) is 0. The molecule has 0 radical (unpaired) electrons. The van der Waals surface area contributed by atoms with Gasteiger partial charge in [0, 0.05) is 19.3 Å². The Morgan fingerprint density at radius 2 is 0.565 bits per heavy atom. The molecule has 0 N–H and O–H groups in total. The summed E-state index contributed by atoms with van der Waals surface area (Å²) in [6, 6.07) is 0. The molecule has 69 heavy (non-hydrogen) atoms. The number of rotatable bonds is 54. The van der Waals surface area contributed by atoms with Crippen LogP contribution in [-0.2, 0) is 28.6 Å². The van der Waals surface area contributed by atoms with E-state index in [1.54, 1.807) is 0 Å². The van der Waals surface area contributed by atoms with Gasteiger partial charge < -0.3 is 14.2 Å². The van der Waals surface area contributed by atoms with Crippen molar-refractivity contribution in [2.45, 2.75) is 309 Å². The first kappa shape index (κ1) is 66.1. The van der Waals surface area contributed by atoms with Crippen LogP contribution in [0, 0.1) is 0 Å². The summed E-state index contributed by atoms with van der Waals surface area (Å²) in [5.74, 6) is -0.919. The third kappa shape index (κ3) is 55.9. The fourth-order valence-corrected chi connectivity index (χ4v) is 8.55. The van der Waals surface area contributed by atoms with Crippen molar-refractivity contribution in [2.24, 2.45) is 0 Å². The van der Waals surface area contributed by atoms with Crippen molar-refractivity contribution >= 4 is 17.9 Å². The van der Waals surface area contributed by atoms with E-state index in [-0.39, 0.29) is 31.1 Å². The summed E-state index contributed by atoms with van der Waals surface area (Å²) >= 11 is 0. The van der Waals surface area contributed by atoms with Gasteiger partial charge in [0.05, 0.1) is 0 Å². The van der Waals surface area contributed by atoms with E-state index >= 15 is 0 Å². The molecule has 0 rings (SSSR count). The van der Waals surface area contributed by atoms with E-state index in [1.807, 2.05) is 0 Å². The quantitative estimate of drug-likeness (QED) is 0.0262. The third-order valence-electron chi connectivity index (χ3n) is 13.0. The second-order valence-corrected chi connectivity index (χ2v) is 19.9. The predicted octanol–water partition coefficient (Wildman–Crippen LogP) is 20.0. The summed E-state index contributed by atoms with van der Waals surface area (Å²) in [6.07, 6.45) is 72.2. The summed E-state index contributed by atoms with van der Waals surface area (Å²) in [6.45, 7) is 6.52. The van der Waals surface area contributed by atoms with Gasteiger partial charge in [0.1, 0.15) is 13.2 Å². The minimum absolute atomic E-state index is 0.0870. The average Bonchev–Trinajstić information content (AvgIpc) is 3.35. The molecule has 6 nitrogen and oxygen atoms in total. The van der Waals surface area contributed by atoms with Crippen molar-refractivity contribution in [2.75, 3.05) is 13.2 Å². The molecule has 0 bridgehead atoms. The van der Waals surface area contributed by atoms with E-state index in [2.05, 4.69) is 81.5 Å². The molecule has 400 valence electrons. The van der Waals surface area contributed by atoms with Crippen LogP contribution in [0.25, 0.3) is 0 Å². The van der Waals surface area contributed by atoms with Gasteiger partial charge >= 0.3 is 17.9 Å². The van der Waals surface area contributed by atoms with Crippen LogP contribution in [0.4, 0.5) is 0 Å². The summed E-state index contributed by atoms with van der Waals surface area (Å²) in [7, 11) is 0. The molecule has 0 unspecified atom stereocenters. The molecule has 0 saturated carbocycles. The zero-order valence-corrected chi connectivity index (χ0v) is 45.8. The highest BCUT2D eigenvalue weighted by Crippen LogP contribution is 2.16. The monoisotopic (exact) mass is 965 g/mol. The number of hydrogen-bond donors (Lipinski definition) is 0. The average molecular weight is 966 g/mol. The predicted molar refractivity (Wildman–Crippen MR) is 298 cm³/mol. The van der Waals surface area contributed by atoms with Crippen molar-refractivity contribution in [3.05, 3.63) is 60.8 Å². The second-order valence-electron chi connectivity index (χ2n) is 19.9. The molecule has 0 amide bonds. The van der Waals surface area contributed by atoms with Gasteiger partial charge in [0.15, 0.2) is 6.10 Å². The highest BCUT2D eigenvalue weighted by molar-refractivity contribution is 5.71. The van der Waals surface area contributed by atoms with Gasteiger partial charge in [0.25, 0.3) is 0 Å². The van der Waals surface area contributed by atoms with Crippen LogP contribution in [0.1, 0.15) is 303 Å². The summed E-state index contributed by atoms with van der Waals surface area (Å²) in [4.78, 5) is 38.2. The van der Waals surface area contributed by atoms with Gasteiger partial charge in [-0.05, 0) is 83.5 Å². The largest absolute Gasteiger partial charge is 0.462 e. The van der Waals surface area contributed by atoms with Gasteiger partial charge in [-0.15, -0.1) is 0 Å². The third-order valence-corrected chi connectivity index (χ3v) is 13.0. The van der Waals surface area contributed by atoms with Crippen LogP contribution in [0.15, 0.2) is 60.8 Å². The lowest BCUT2D eigenvalue weighted by Gasteiger charge is -2.18.